The van der Waals surface area contributed by atoms with E-state index >= 15 is 0 Å². The highest BCUT2D eigenvalue weighted by Gasteiger charge is 2.45. The first-order valence-electron chi connectivity index (χ1n) is 10.3. The van der Waals surface area contributed by atoms with E-state index in [0.29, 0.717) is 22.6 Å². The Morgan fingerprint density at radius 1 is 1.10 bits per heavy atom. The number of carbonyl (C=O) groups excluding carboxylic acids is 1. The van der Waals surface area contributed by atoms with Crippen LogP contribution in [0.25, 0.3) is 0 Å². The maximum atomic E-state index is 14.9. The van der Waals surface area contributed by atoms with Crippen LogP contribution in [0.15, 0.2) is 47.7 Å². The van der Waals surface area contributed by atoms with E-state index in [1.807, 2.05) is 25.1 Å². The molecule has 1 saturated carbocycles. The normalized spacial score (nSPS) is 22.6. The molecule has 1 atom stereocenters. The number of benzene rings is 2. The van der Waals surface area contributed by atoms with E-state index in [1.165, 1.54) is 18.9 Å². The number of rotatable bonds is 1. The van der Waals surface area contributed by atoms with E-state index < -0.39 is 11.9 Å². The van der Waals surface area contributed by atoms with Crippen LogP contribution in [0.3, 0.4) is 0 Å². The Bertz CT molecular complexity index is 1020. The van der Waals surface area contributed by atoms with Crippen LogP contribution in [-0.4, -0.2) is 5.78 Å². The maximum absolute atomic E-state index is 14.9. The summed E-state index contributed by atoms with van der Waals surface area (Å²) in [5.41, 5.74) is 4.80. The van der Waals surface area contributed by atoms with Crippen molar-refractivity contribution in [3.8, 4) is 0 Å². The zero-order chi connectivity index (χ0) is 20.2. The third kappa shape index (κ3) is 3.14. The number of hydrogen-bond acceptors (Lipinski definition) is 3. The van der Waals surface area contributed by atoms with Gasteiger partial charge in [0.1, 0.15) is 5.82 Å². The van der Waals surface area contributed by atoms with Crippen molar-refractivity contribution in [1.82, 2.24) is 0 Å². The minimum atomic E-state index is -0.611. The van der Waals surface area contributed by atoms with Gasteiger partial charge in [0.15, 0.2) is 5.78 Å². The van der Waals surface area contributed by atoms with Gasteiger partial charge in [-0.15, -0.1) is 0 Å². The molecule has 2 N–H and O–H groups in total. The van der Waals surface area contributed by atoms with Crippen LogP contribution in [0, 0.1) is 18.2 Å². The van der Waals surface area contributed by atoms with Crippen molar-refractivity contribution in [3.63, 3.8) is 0 Å². The standard InChI is InChI=1S/C24H24ClFN2O/c1-14-7-8-17-18(11-14)28-23(21-15(25)5-4-6-16(21)26)22-19(27-17)12-24(13-20(22)29)9-2-3-10-24/h4-8,11,23,27-28H,2-3,9-10,12-13H2,1H3. The summed E-state index contributed by atoms with van der Waals surface area (Å²) in [7, 11) is 0. The van der Waals surface area contributed by atoms with Crippen molar-refractivity contribution in [2.24, 2.45) is 5.41 Å². The van der Waals surface area contributed by atoms with Gasteiger partial charge in [-0.05, 0) is 61.4 Å². The van der Waals surface area contributed by atoms with E-state index in [4.69, 9.17) is 11.6 Å². The molecule has 150 valence electrons. The summed E-state index contributed by atoms with van der Waals surface area (Å²) in [6, 6.07) is 10.2. The van der Waals surface area contributed by atoms with Gasteiger partial charge >= 0.3 is 0 Å². The van der Waals surface area contributed by atoms with E-state index in [-0.39, 0.29) is 11.2 Å². The Hall–Kier alpha value is -2.33. The van der Waals surface area contributed by atoms with Gasteiger partial charge in [-0.1, -0.05) is 36.6 Å². The number of anilines is 2. The molecule has 1 unspecified atom stereocenters. The highest BCUT2D eigenvalue weighted by atomic mass is 35.5. The van der Waals surface area contributed by atoms with Crippen molar-refractivity contribution >= 4 is 28.8 Å². The smallest absolute Gasteiger partial charge is 0.163 e. The molecule has 29 heavy (non-hydrogen) atoms. The summed E-state index contributed by atoms with van der Waals surface area (Å²) >= 11 is 6.44. The second-order valence-electron chi connectivity index (χ2n) is 8.76. The average Bonchev–Trinajstić information content (AvgIpc) is 3.03. The summed E-state index contributed by atoms with van der Waals surface area (Å²) in [6.07, 6.45) is 5.87. The van der Waals surface area contributed by atoms with Crippen molar-refractivity contribution in [2.75, 3.05) is 10.6 Å². The fourth-order valence-corrected chi connectivity index (χ4v) is 5.61. The molecule has 0 saturated heterocycles. The van der Waals surface area contributed by atoms with Crippen molar-refractivity contribution in [3.05, 3.63) is 69.6 Å². The summed E-state index contributed by atoms with van der Waals surface area (Å²) in [6.45, 7) is 2.02. The van der Waals surface area contributed by atoms with Crippen molar-refractivity contribution in [2.45, 2.75) is 51.5 Å². The molecule has 1 heterocycles. The van der Waals surface area contributed by atoms with Gasteiger partial charge in [0.25, 0.3) is 0 Å². The van der Waals surface area contributed by atoms with Crippen LogP contribution in [-0.2, 0) is 4.79 Å². The minimum Gasteiger partial charge on any atom is -0.372 e. The zero-order valence-corrected chi connectivity index (χ0v) is 17.2. The molecule has 1 fully saturated rings. The third-order valence-electron chi connectivity index (χ3n) is 6.71. The largest absolute Gasteiger partial charge is 0.372 e. The van der Waals surface area contributed by atoms with Crippen LogP contribution in [0.1, 0.15) is 55.7 Å². The molecule has 0 amide bonds. The lowest BCUT2D eigenvalue weighted by Crippen LogP contribution is -2.33. The van der Waals surface area contributed by atoms with Crippen LogP contribution in [0.2, 0.25) is 5.02 Å². The first-order valence-corrected chi connectivity index (χ1v) is 10.7. The van der Waals surface area contributed by atoms with Gasteiger partial charge in [-0.2, -0.15) is 0 Å². The number of carbonyl (C=O) groups is 1. The van der Waals surface area contributed by atoms with Crippen molar-refractivity contribution in [1.29, 1.82) is 0 Å². The SMILES string of the molecule is Cc1ccc2c(c1)NC(c1c(F)cccc1Cl)C1=C(CC3(CCCC3)CC1=O)N2. The molecule has 2 aromatic carbocycles. The van der Waals surface area contributed by atoms with Gasteiger partial charge in [-0.3, -0.25) is 4.79 Å². The summed E-state index contributed by atoms with van der Waals surface area (Å²) in [4.78, 5) is 13.5. The number of aryl methyl sites for hydroxylation is 1. The maximum Gasteiger partial charge on any atom is 0.163 e. The van der Waals surface area contributed by atoms with E-state index in [0.717, 1.165) is 41.9 Å². The Labute approximate surface area is 175 Å². The van der Waals surface area contributed by atoms with Gasteiger partial charge < -0.3 is 10.6 Å². The number of hydrogen-bond donors (Lipinski definition) is 2. The average molecular weight is 411 g/mol. The lowest BCUT2D eigenvalue weighted by molar-refractivity contribution is -0.118. The topological polar surface area (TPSA) is 41.1 Å². The predicted molar refractivity (Wildman–Crippen MR) is 115 cm³/mol. The van der Waals surface area contributed by atoms with Gasteiger partial charge in [0.05, 0.1) is 17.4 Å². The Kier molecular flexibility index (Phi) is 4.43. The first kappa shape index (κ1) is 18.7. The van der Waals surface area contributed by atoms with Gasteiger partial charge in [0.2, 0.25) is 0 Å². The Morgan fingerprint density at radius 2 is 1.90 bits per heavy atom. The Morgan fingerprint density at radius 3 is 2.66 bits per heavy atom. The molecule has 2 aliphatic carbocycles. The van der Waals surface area contributed by atoms with E-state index in [1.54, 1.807) is 12.1 Å². The van der Waals surface area contributed by atoms with Gasteiger partial charge in [-0.25, -0.2) is 4.39 Å². The molecular formula is C24H24ClFN2O. The van der Waals surface area contributed by atoms with Crippen LogP contribution in [0.4, 0.5) is 15.8 Å². The summed E-state index contributed by atoms with van der Waals surface area (Å²) < 4.78 is 14.9. The molecular weight excluding hydrogens is 387 g/mol. The first-order chi connectivity index (χ1) is 14.0. The molecule has 0 aromatic heterocycles. The Balaban J connectivity index is 1.70. The fraction of sp³-hybridized carbons (Fsp3) is 0.375. The number of ketones is 1. The molecule has 0 bridgehead atoms. The summed E-state index contributed by atoms with van der Waals surface area (Å²) in [5.74, 6) is -0.297. The monoisotopic (exact) mass is 410 g/mol. The summed E-state index contributed by atoms with van der Waals surface area (Å²) in [5, 5.41) is 7.31. The number of allylic oxidation sites excluding steroid dienone is 1. The predicted octanol–water partition coefficient (Wildman–Crippen LogP) is 6.54. The van der Waals surface area contributed by atoms with Crippen LogP contribution < -0.4 is 10.6 Å². The van der Waals surface area contributed by atoms with E-state index in [9.17, 15) is 9.18 Å². The molecule has 1 spiro atoms. The lowest BCUT2D eigenvalue weighted by atomic mass is 9.70. The molecule has 3 aliphatic rings. The highest BCUT2D eigenvalue weighted by molar-refractivity contribution is 6.31. The molecule has 0 radical (unpaired) electrons. The molecule has 1 aliphatic heterocycles. The zero-order valence-electron chi connectivity index (χ0n) is 16.4. The molecule has 2 aromatic rings. The van der Waals surface area contributed by atoms with Crippen LogP contribution >= 0.6 is 11.6 Å². The van der Waals surface area contributed by atoms with Crippen molar-refractivity contribution < 1.29 is 9.18 Å². The van der Waals surface area contributed by atoms with E-state index in [2.05, 4.69) is 10.6 Å². The molecule has 5 heteroatoms. The molecule has 5 rings (SSSR count). The number of nitrogens with one attached hydrogen (secondary N) is 2. The quantitative estimate of drug-likeness (QED) is 0.560. The highest BCUT2D eigenvalue weighted by Crippen LogP contribution is 2.53. The van der Waals surface area contributed by atoms with Gasteiger partial charge in [0, 0.05) is 28.3 Å². The second-order valence-corrected chi connectivity index (χ2v) is 9.17. The minimum absolute atomic E-state index is 0.0433. The molecule has 3 nitrogen and oxygen atoms in total. The number of halogens is 2. The fourth-order valence-electron chi connectivity index (χ4n) is 5.34. The lowest BCUT2D eigenvalue weighted by Gasteiger charge is -2.36. The second kappa shape index (κ2) is 6.88. The number of Topliss-reactive ketones (excluding diaryl/α,β-unsaturated/α-hetero) is 1. The van der Waals surface area contributed by atoms with Crippen LogP contribution in [0.5, 0.6) is 0 Å². The number of fused-ring (bicyclic) bond motifs is 1. The third-order valence-corrected chi connectivity index (χ3v) is 7.04.